The van der Waals surface area contributed by atoms with Crippen molar-refractivity contribution in [3.8, 4) is 5.75 Å². The minimum absolute atomic E-state index is 0.296. The average molecular weight is 279 g/mol. The van der Waals surface area contributed by atoms with Crippen LogP contribution in [0.15, 0.2) is 24.3 Å². The Bertz CT molecular complexity index is 355. The van der Waals surface area contributed by atoms with Crippen LogP contribution in [0.4, 0.5) is 0 Å². The molecule has 20 heavy (non-hydrogen) atoms. The molecule has 0 aliphatic heterocycles. The Hall–Kier alpha value is -1.06. The highest BCUT2D eigenvalue weighted by atomic mass is 16.5. The lowest BCUT2D eigenvalue weighted by molar-refractivity contribution is 0.272. The molecule has 0 amide bonds. The van der Waals surface area contributed by atoms with Gasteiger partial charge in [0, 0.05) is 18.2 Å². The van der Waals surface area contributed by atoms with Crippen LogP contribution in [0, 0.1) is 0 Å². The van der Waals surface area contributed by atoms with E-state index in [0.29, 0.717) is 12.6 Å². The van der Waals surface area contributed by atoms with E-state index in [4.69, 9.17) is 9.84 Å². The van der Waals surface area contributed by atoms with Gasteiger partial charge in [0.05, 0.1) is 6.61 Å². The van der Waals surface area contributed by atoms with E-state index in [1.165, 1.54) is 5.56 Å². The topological polar surface area (TPSA) is 41.5 Å². The van der Waals surface area contributed by atoms with Gasteiger partial charge in [0.1, 0.15) is 5.75 Å². The van der Waals surface area contributed by atoms with E-state index in [1.807, 2.05) is 6.07 Å². The number of aliphatic hydroxyl groups is 1. The fourth-order valence-corrected chi connectivity index (χ4v) is 2.37. The molecular formula is C17H29NO2. The van der Waals surface area contributed by atoms with Crippen molar-refractivity contribution in [1.29, 1.82) is 0 Å². The van der Waals surface area contributed by atoms with Crippen LogP contribution in [-0.4, -0.2) is 24.9 Å². The highest BCUT2D eigenvalue weighted by molar-refractivity contribution is 5.35. The minimum Gasteiger partial charge on any atom is -0.493 e. The number of rotatable bonds is 11. The van der Waals surface area contributed by atoms with E-state index in [-0.39, 0.29) is 0 Å². The predicted octanol–water partition coefficient (Wildman–Crippen LogP) is 3.68. The van der Waals surface area contributed by atoms with Gasteiger partial charge in [-0.05, 0) is 38.3 Å². The van der Waals surface area contributed by atoms with Crippen molar-refractivity contribution in [2.75, 3.05) is 19.8 Å². The van der Waals surface area contributed by atoms with E-state index in [0.717, 1.165) is 51.0 Å². The first-order valence-electron chi connectivity index (χ1n) is 7.89. The third-order valence-corrected chi connectivity index (χ3v) is 3.46. The molecule has 0 spiro atoms. The average Bonchev–Trinajstić information content (AvgIpc) is 2.49. The molecule has 0 bridgehead atoms. The SMILES string of the molecule is CCNC(CC)c1ccccc1OCCCCCCO. The number of para-hydroxylation sites is 1. The van der Waals surface area contributed by atoms with Gasteiger partial charge in [-0.3, -0.25) is 0 Å². The summed E-state index contributed by atoms with van der Waals surface area (Å²) in [6.45, 7) is 6.34. The van der Waals surface area contributed by atoms with Crippen molar-refractivity contribution in [2.24, 2.45) is 0 Å². The molecule has 1 aromatic carbocycles. The summed E-state index contributed by atoms with van der Waals surface area (Å²) in [5, 5.41) is 12.2. The standard InChI is InChI=1S/C17H29NO2/c1-3-16(18-4-2)15-11-7-8-12-17(15)20-14-10-6-5-9-13-19/h7-8,11-12,16,18-19H,3-6,9-10,13-14H2,1-2H3. The monoisotopic (exact) mass is 279 g/mol. The molecule has 1 unspecified atom stereocenters. The normalized spacial score (nSPS) is 12.3. The van der Waals surface area contributed by atoms with E-state index >= 15 is 0 Å². The molecule has 0 fully saturated rings. The molecule has 0 aliphatic carbocycles. The second-order valence-corrected chi connectivity index (χ2v) is 5.04. The second-order valence-electron chi connectivity index (χ2n) is 5.04. The van der Waals surface area contributed by atoms with Gasteiger partial charge in [-0.25, -0.2) is 0 Å². The van der Waals surface area contributed by atoms with E-state index < -0.39 is 0 Å². The molecule has 0 radical (unpaired) electrons. The van der Waals surface area contributed by atoms with Crippen molar-refractivity contribution in [3.05, 3.63) is 29.8 Å². The van der Waals surface area contributed by atoms with E-state index in [2.05, 4.69) is 37.4 Å². The molecule has 1 rings (SSSR count). The fourth-order valence-electron chi connectivity index (χ4n) is 2.37. The van der Waals surface area contributed by atoms with Crippen LogP contribution in [0.3, 0.4) is 0 Å². The Morgan fingerprint density at radius 2 is 1.85 bits per heavy atom. The smallest absolute Gasteiger partial charge is 0.124 e. The second kappa shape index (κ2) is 10.7. The molecule has 1 atom stereocenters. The number of nitrogens with one attached hydrogen (secondary N) is 1. The van der Waals surface area contributed by atoms with Crippen LogP contribution in [-0.2, 0) is 0 Å². The Kier molecular flexibility index (Phi) is 9.09. The first kappa shape index (κ1) is 17.0. The summed E-state index contributed by atoms with van der Waals surface area (Å²) in [4.78, 5) is 0. The molecule has 0 aliphatic rings. The van der Waals surface area contributed by atoms with Crippen LogP contribution in [0.2, 0.25) is 0 Å². The zero-order valence-corrected chi connectivity index (χ0v) is 12.9. The van der Waals surface area contributed by atoms with E-state index in [9.17, 15) is 0 Å². The quantitative estimate of drug-likeness (QED) is 0.607. The molecule has 3 nitrogen and oxygen atoms in total. The van der Waals surface area contributed by atoms with Crippen LogP contribution in [0.25, 0.3) is 0 Å². The van der Waals surface area contributed by atoms with Crippen molar-refractivity contribution < 1.29 is 9.84 Å². The minimum atomic E-state index is 0.296. The van der Waals surface area contributed by atoms with Gasteiger partial charge in [0.15, 0.2) is 0 Å². The Morgan fingerprint density at radius 3 is 2.55 bits per heavy atom. The molecule has 2 N–H and O–H groups in total. The van der Waals surface area contributed by atoms with Crippen LogP contribution in [0.5, 0.6) is 5.75 Å². The summed E-state index contributed by atoms with van der Waals surface area (Å²) in [5.74, 6) is 1.00. The highest BCUT2D eigenvalue weighted by Crippen LogP contribution is 2.27. The van der Waals surface area contributed by atoms with Crippen LogP contribution < -0.4 is 10.1 Å². The van der Waals surface area contributed by atoms with Gasteiger partial charge in [0.25, 0.3) is 0 Å². The molecule has 0 saturated carbocycles. The lowest BCUT2D eigenvalue weighted by Gasteiger charge is -2.20. The summed E-state index contributed by atoms with van der Waals surface area (Å²) in [5.41, 5.74) is 1.26. The van der Waals surface area contributed by atoms with Gasteiger partial charge in [-0.15, -0.1) is 0 Å². The maximum Gasteiger partial charge on any atom is 0.124 e. The number of unbranched alkanes of at least 4 members (excludes halogenated alkanes) is 3. The fraction of sp³-hybridized carbons (Fsp3) is 0.647. The third kappa shape index (κ3) is 5.93. The maximum absolute atomic E-state index is 8.74. The maximum atomic E-state index is 8.74. The zero-order chi connectivity index (χ0) is 14.6. The van der Waals surface area contributed by atoms with Gasteiger partial charge in [-0.1, -0.05) is 38.5 Å². The summed E-state index contributed by atoms with van der Waals surface area (Å²) in [6, 6.07) is 8.68. The molecule has 3 heteroatoms. The first-order valence-corrected chi connectivity index (χ1v) is 7.89. The van der Waals surface area contributed by atoms with Crippen LogP contribution in [0.1, 0.15) is 57.6 Å². The van der Waals surface area contributed by atoms with Gasteiger partial charge in [-0.2, -0.15) is 0 Å². The zero-order valence-electron chi connectivity index (χ0n) is 12.9. The Morgan fingerprint density at radius 1 is 1.10 bits per heavy atom. The molecular weight excluding hydrogens is 250 g/mol. The summed E-state index contributed by atoms with van der Waals surface area (Å²) >= 11 is 0. The number of ether oxygens (including phenoxy) is 1. The molecule has 0 heterocycles. The number of benzene rings is 1. The van der Waals surface area contributed by atoms with Gasteiger partial charge >= 0.3 is 0 Å². The van der Waals surface area contributed by atoms with Gasteiger partial charge < -0.3 is 15.2 Å². The summed E-state index contributed by atoms with van der Waals surface area (Å²) in [7, 11) is 0. The highest BCUT2D eigenvalue weighted by Gasteiger charge is 2.12. The Labute approximate surface area is 123 Å². The van der Waals surface area contributed by atoms with Crippen molar-refractivity contribution in [1.82, 2.24) is 5.32 Å². The number of aliphatic hydroxyl groups excluding tert-OH is 1. The summed E-state index contributed by atoms with van der Waals surface area (Å²) in [6.07, 6.45) is 5.20. The third-order valence-electron chi connectivity index (χ3n) is 3.46. The Balaban J connectivity index is 2.48. The lowest BCUT2D eigenvalue weighted by atomic mass is 10.0. The first-order chi connectivity index (χ1) is 9.83. The molecule has 114 valence electrons. The van der Waals surface area contributed by atoms with Crippen molar-refractivity contribution in [3.63, 3.8) is 0 Å². The molecule has 0 saturated heterocycles. The van der Waals surface area contributed by atoms with E-state index in [1.54, 1.807) is 0 Å². The largest absolute Gasteiger partial charge is 0.493 e. The summed E-state index contributed by atoms with van der Waals surface area (Å²) < 4.78 is 5.94. The van der Waals surface area contributed by atoms with Crippen molar-refractivity contribution in [2.45, 2.75) is 52.0 Å². The molecule has 1 aromatic rings. The number of hydrogen-bond acceptors (Lipinski definition) is 3. The predicted molar refractivity (Wildman–Crippen MR) is 84.2 cm³/mol. The lowest BCUT2D eigenvalue weighted by Crippen LogP contribution is -2.20. The number of hydrogen-bond donors (Lipinski definition) is 2. The molecule has 0 aromatic heterocycles. The van der Waals surface area contributed by atoms with Crippen molar-refractivity contribution >= 4 is 0 Å². The van der Waals surface area contributed by atoms with Crippen LogP contribution >= 0.6 is 0 Å². The van der Waals surface area contributed by atoms with Gasteiger partial charge in [0.2, 0.25) is 0 Å².